The first kappa shape index (κ1) is 12.1. The van der Waals surface area contributed by atoms with E-state index >= 15 is 0 Å². The van der Waals surface area contributed by atoms with Crippen LogP contribution in [-0.4, -0.2) is 18.5 Å². The number of hydrogen-bond donors (Lipinski definition) is 2. The molecule has 1 unspecified atom stereocenters. The smallest absolute Gasteiger partial charge is 0.221 e. The molecule has 1 atom stereocenters. The lowest BCUT2D eigenvalue weighted by molar-refractivity contribution is -0.121. The molecule has 1 aromatic carbocycles. The van der Waals surface area contributed by atoms with Crippen LogP contribution in [0.25, 0.3) is 0 Å². The van der Waals surface area contributed by atoms with E-state index in [0.29, 0.717) is 19.0 Å². The van der Waals surface area contributed by atoms with Crippen LogP contribution in [0.2, 0.25) is 0 Å². The van der Waals surface area contributed by atoms with Crippen molar-refractivity contribution in [3.8, 4) is 0 Å². The number of amides is 1. The highest BCUT2D eigenvalue weighted by Gasteiger charge is 2.17. The molecule has 1 heterocycles. The molecule has 0 spiro atoms. The first-order chi connectivity index (χ1) is 8.24. The Hall–Kier alpha value is -1.35. The van der Waals surface area contributed by atoms with Gasteiger partial charge in [0.15, 0.2) is 0 Å². The van der Waals surface area contributed by atoms with Gasteiger partial charge in [0.25, 0.3) is 0 Å². The van der Waals surface area contributed by atoms with Gasteiger partial charge in [-0.2, -0.15) is 0 Å². The molecule has 0 radical (unpaired) electrons. The molecule has 0 saturated carbocycles. The van der Waals surface area contributed by atoms with Gasteiger partial charge in [0.2, 0.25) is 5.91 Å². The van der Waals surface area contributed by atoms with Crippen LogP contribution in [-0.2, 0) is 11.3 Å². The van der Waals surface area contributed by atoms with Crippen LogP contribution in [0, 0.1) is 6.92 Å². The molecule has 2 N–H and O–H groups in total. The van der Waals surface area contributed by atoms with Crippen molar-refractivity contribution in [3.63, 3.8) is 0 Å². The zero-order valence-corrected chi connectivity index (χ0v) is 10.3. The van der Waals surface area contributed by atoms with Gasteiger partial charge in [-0.25, -0.2) is 0 Å². The number of benzene rings is 1. The quantitative estimate of drug-likeness (QED) is 0.830. The van der Waals surface area contributed by atoms with Crippen LogP contribution in [0.5, 0.6) is 0 Å². The lowest BCUT2D eigenvalue weighted by atomic mass is 10.1. The van der Waals surface area contributed by atoms with Crippen molar-refractivity contribution in [3.05, 3.63) is 35.4 Å². The van der Waals surface area contributed by atoms with Crippen LogP contribution in [0.3, 0.4) is 0 Å². The van der Waals surface area contributed by atoms with Gasteiger partial charge < -0.3 is 10.6 Å². The summed E-state index contributed by atoms with van der Waals surface area (Å²) in [6, 6.07) is 8.62. The molecule has 1 fully saturated rings. The Morgan fingerprint density at radius 1 is 1.53 bits per heavy atom. The van der Waals surface area contributed by atoms with Crippen LogP contribution in [0.15, 0.2) is 24.3 Å². The summed E-state index contributed by atoms with van der Waals surface area (Å²) in [6.45, 7) is 3.75. The van der Waals surface area contributed by atoms with E-state index in [1.807, 2.05) is 12.1 Å². The van der Waals surface area contributed by atoms with Crippen LogP contribution in [0.1, 0.15) is 30.4 Å². The third kappa shape index (κ3) is 3.86. The Bertz CT molecular complexity index is 384. The molecule has 1 aliphatic heterocycles. The Morgan fingerprint density at radius 3 is 3.12 bits per heavy atom. The van der Waals surface area contributed by atoms with Crippen molar-refractivity contribution in [2.45, 2.75) is 38.8 Å². The van der Waals surface area contributed by atoms with Gasteiger partial charge >= 0.3 is 0 Å². The second kappa shape index (κ2) is 5.82. The van der Waals surface area contributed by atoms with Crippen molar-refractivity contribution >= 4 is 5.91 Å². The summed E-state index contributed by atoms with van der Waals surface area (Å²) in [7, 11) is 0. The fourth-order valence-corrected chi connectivity index (χ4v) is 2.25. The largest absolute Gasteiger partial charge is 0.352 e. The minimum atomic E-state index is 0.144. The van der Waals surface area contributed by atoms with Gasteiger partial charge in [0.05, 0.1) is 0 Å². The highest BCUT2D eigenvalue weighted by molar-refractivity contribution is 5.76. The highest BCUT2D eigenvalue weighted by atomic mass is 16.1. The van der Waals surface area contributed by atoms with Crippen LogP contribution < -0.4 is 10.6 Å². The summed E-state index contributed by atoms with van der Waals surface area (Å²) in [5.41, 5.74) is 2.40. The standard InChI is InChI=1S/C14H20N2O/c1-11-4-2-5-12(8-11)10-16-14(17)9-13-6-3-7-15-13/h2,4-5,8,13,15H,3,6-7,9-10H2,1H3,(H,16,17). The molecule has 1 aliphatic rings. The average molecular weight is 232 g/mol. The summed E-state index contributed by atoms with van der Waals surface area (Å²) >= 11 is 0. The first-order valence-corrected chi connectivity index (χ1v) is 6.29. The number of nitrogens with one attached hydrogen (secondary N) is 2. The summed E-state index contributed by atoms with van der Waals surface area (Å²) in [5, 5.41) is 6.31. The molecule has 2 rings (SSSR count). The van der Waals surface area contributed by atoms with E-state index in [2.05, 4.69) is 29.7 Å². The Balaban J connectivity index is 1.75. The molecule has 92 valence electrons. The maximum Gasteiger partial charge on any atom is 0.221 e. The molecule has 3 heteroatoms. The SMILES string of the molecule is Cc1cccc(CNC(=O)CC2CCCN2)c1. The predicted octanol–water partition coefficient (Wildman–Crippen LogP) is 1.75. The molecule has 17 heavy (non-hydrogen) atoms. The number of hydrogen-bond acceptors (Lipinski definition) is 2. The third-order valence-electron chi connectivity index (χ3n) is 3.17. The fraction of sp³-hybridized carbons (Fsp3) is 0.500. The summed E-state index contributed by atoms with van der Waals surface area (Å²) in [4.78, 5) is 11.7. The number of carbonyl (C=O) groups is 1. The molecule has 3 nitrogen and oxygen atoms in total. The monoisotopic (exact) mass is 232 g/mol. The number of aryl methyl sites for hydroxylation is 1. The van der Waals surface area contributed by atoms with Gasteiger partial charge in [-0.15, -0.1) is 0 Å². The summed E-state index contributed by atoms with van der Waals surface area (Å²) in [6.07, 6.45) is 2.92. The van der Waals surface area contributed by atoms with Gasteiger partial charge in [-0.3, -0.25) is 4.79 Å². The van der Waals surface area contributed by atoms with Crippen molar-refractivity contribution in [2.75, 3.05) is 6.54 Å². The topological polar surface area (TPSA) is 41.1 Å². The first-order valence-electron chi connectivity index (χ1n) is 6.29. The average Bonchev–Trinajstić information content (AvgIpc) is 2.79. The van der Waals surface area contributed by atoms with Gasteiger partial charge in [-0.1, -0.05) is 29.8 Å². The van der Waals surface area contributed by atoms with E-state index in [9.17, 15) is 4.79 Å². The Morgan fingerprint density at radius 2 is 2.41 bits per heavy atom. The Kier molecular flexibility index (Phi) is 4.15. The van der Waals surface area contributed by atoms with Crippen LogP contribution >= 0.6 is 0 Å². The maximum absolute atomic E-state index is 11.7. The van der Waals surface area contributed by atoms with E-state index in [1.165, 1.54) is 12.0 Å². The van der Waals surface area contributed by atoms with E-state index in [0.717, 1.165) is 18.5 Å². The minimum Gasteiger partial charge on any atom is -0.352 e. The molecule has 1 amide bonds. The van der Waals surface area contributed by atoms with Crippen molar-refractivity contribution in [1.82, 2.24) is 10.6 Å². The highest BCUT2D eigenvalue weighted by Crippen LogP contribution is 2.08. The van der Waals surface area contributed by atoms with Gasteiger partial charge in [-0.05, 0) is 31.9 Å². The minimum absolute atomic E-state index is 0.144. The van der Waals surface area contributed by atoms with Crippen molar-refractivity contribution in [1.29, 1.82) is 0 Å². The normalized spacial score (nSPS) is 19.2. The zero-order valence-electron chi connectivity index (χ0n) is 10.3. The van der Waals surface area contributed by atoms with Crippen molar-refractivity contribution in [2.24, 2.45) is 0 Å². The van der Waals surface area contributed by atoms with E-state index < -0.39 is 0 Å². The van der Waals surface area contributed by atoms with E-state index in [4.69, 9.17) is 0 Å². The third-order valence-corrected chi connectivity index (χ3v) is 3.17. The molecular formula is C14H20N2O. The number of carbonyl (C=O) groups excluding carboxylic acids is 1. The van der Waals surface area contributed by atoms with Crippen molar-refractivity contribution < 1.29 is 4.79 Å². The number of rotatable bonds is 4. The maximum atomic E-state index is 11.7. The second-order valence-corrected chi connectivity index (χ2v) is 4.76. The van der Waals surface area contributed by atoms with Gasteiger partial charge in [0.1, 0.15) is 0 Å². The molecule has 1 aromatic rings. The fourth-order valence-electron chi connectivity index (χ4n) is 2.25. The molecular weight excluding hydrogens is 212 g/mol. The summed E-state index contributed by atoms with van der Waals surface area (Å²) < 4.78 is 0. The van der Waals surface area contributed by atoms with E-state index in [-0.39, 0.29) is 5.91 Å². The molecule has 0 bridgehead atoms. The van der Waals surface area contributed by atoms with Crippen LogP contribution in [0.4, 0.5) is 0 Å². The lowest BCUT2D eigenvalue weighted by Gasteiger charge is -2.10. The van der Waals surface area contributed by atoms with Gasteiger partial charge in [0, 0.05) is 19.0 Å². The Labute approximate surface area is 103 Å². The lowest BCUT2D eigenvalue weighted by Crippen LogP contribution is -2.31. The van der Waals surface area contributed by atoms with E-state index in [1.54, 1.807) is 0 Å². The zero-order chi connectivity index (χ0) is 12.1. The summed E-state index contributed by atoms with van der Waals surface area (Å²) in [5.74, 6) is 0.144. The molecule has 0 aliphatic carbocycles. The molecule has 0 aromatic heterocycles. The molecule has 1 saturated heterocycles. The predicted molar refractivity (Wildman–Crippen MR) is 68.7 cm³/mol. The second-order valence-electron chi connectivity index (χ2n) is 4.76.